The van der Waals surface area contributed by atoms with Crippen LogP contribution in [0, 0.1) is 5.82 Å². The molecule has 0 saturated carbocycles. The molecule has 1 atom stereocenters. The Morgan fingerprint density at radius 3 is 2.80 bits per heavy atom. The van der Waals surface area contributed by atoms with E-state index in [0.717, 1.165) is 0 Å². The molecule has 0 aliphatic rings. The van der Waals surface area contributed by atoms with Crippen LogP contribution in [0.1, 0.15) is 18.5 Å². The molecule has 0 aliphatic heterocycles. The SMILES string of the molecule is C=C(Cl)C(=O)N[C@H](C)c1cccc(F)c1. The number of hydrogen-bond acceptors (Lipinski definition) is 1. The summed E-state index contributed by atoms with van der Waals surface area (Å²) in [6.45, 7) is 5.04. The molecule has 0 aliphatic carbocycles. The molecule has 2 nitrogen and oxygen atoms in total. The fraction of sp³-hybridized carbons (Fsp3) is 0.182. The Hall–Kier alpha value is -1.35. The van der Waals surface area contributed by atoms with E-state index in [1.54, 1.807) is 19.1 Å². The molecule has 1 aromatic rings. The molecule has 1 aromatic carbocycles. The number of carbonyl (C=O) groups is 1. The maximum atomic E-state index is 12.9. The minimum Gasteiger partial charge on any atom is -0.345 e. The van der Waals surface area contributed by atoms with Crippen molar-refractivity contribution in [1.82, 2.24) is 5.32 Å². The second-order valence-corrected chi connectivity index (χ2v) is 3.61. The monoisotopic (exact) mass is 227 g/mol. The Balaban J connectivity index is 2.73. The molecule has 0 spiro atoms. The third-order valence-electron chi connectivity index (χ3n) is 1.94. The summed E-state index contributed by atoms with van der Waals surface area (Å²) in [5.74, 6) is -0.785. The summed E-state index contributed by atoms with van der Waals surface area (Å²) in [4.78, 5) is 11.2. The van der Waals surface area contributed by atoms with Crippen LogP contribution in [-0.2, 0) is 4.79 Å². The van der Waals surface area contributed by atoms with Crippen molar-refractivity contribution in [3.63, 3.8) is 0 Å². The van der Waals surface area contributed by atoms with Gasteiger partial charge in [0.25, 0.3) is 5.91 Å². The second kappa shape index (κ2) is 4.94. The van der Waals surface area contributed by atoms with E-state index < -0.39 is 5.91 Å². The summed E-state index contributed by atoms with van der Waals surface area (Å²) in [6.07, 6.45) is 0. The number of rotatable bonds is 3. The number of hydrogen-bond donors (Lipinski definition) is 1. The molecule has 1 N–H and O–H groups in total. The highest BCUT2D eigenvalue weighted by atomic mass is 35.5. The Morgan fingerprint density at radius 2 is 2.27 bits per heavy atom. The molecule has 0 saturated heterocycles. The molecule has 80 valence electrons. The summed E-state index contributed by atoms with van der Waals surface area (Å²) >= 11 is 5.41. The van der Waals surface area contributed by atoms with Gasteiger partial charge < -0.3 is 5.32 Å². The van der Waals surface area contributed by atoms with Crippen LogP contribution in [0.4, 0.5) is 4.39 Å². The molecule has 1 rings (SSSR count). The zero-order chi connectivity index (χ0) is 11.4. The molecule has 15 heavy (non-hydrogen) atoms. The number of nitrogens with one attached hydrogen (secondary N) is 1. The van der Waals surface area contributed by atoms with Crippen LogP contribution in [0.5, 0.6) is 0 Å². The zero-order valence-electron chi connectivity index (χ0n) is 8.26. The van der Waals surface area contributed by atoms with E-state index in [2.05, 4.69) is 11.9 Å². The van der Waals surface area contributed by atoms with Crippen molar-refractivity contribution in [1.29, 1.82) is 0 Å². The van der Waals surface area contributed by atoms with E-state index in [0.29, 0.717) is 5.56 Å². The largest absolute Gasteiger partial charge is 0.345 e. The van der Waals surface area contributed by atoms with Crippen molar-refractivity contribution in [3.05, 3.63) is 47.3 Å². The lowest BCUT2D eigenvalue weighted by Crippen LogP contribution is -2.26. The summed E-state index contributed by atoms with van der Waals surface area (Å²) in [6, 6.07) is 5.72. The summed E-state index contributed by atoms with van der Waals surface area (Å²) < 4.78 is 12.9. The molecule has 4 heteroatoms. The zero-order valence-corrected chi connectivity index (χ0v) is 9.01. The van der Waals surface area contributed by atoms with Gasteiger partial charge in [0.2, 0.25) is 0 Å². The third kappa shape index (κ3) is 3.36. The Kier molecular flexibility index (Phi) is 3.86. The van der Waals surface area contributed by atoms with Crippen LogP contribution in [0.3, 0.4) is 0 Å². The van der Waals surface area contributed by atoms with Crippen molar-refractivity contribution < 1.29 is 9.18 Å². The van der Waals surface area contributed by atoms with E-state index in [1.807, 2.05) is 0 Å². The topological polar surface area (TPSA) is 29.1 Å². The predicted octanol–water partition coefficient (Wildman–Crippen LogP) is 2.76. The van der Waals surface area contributed by atoms with E-state index >= 15 is 0 Å². The van der Waals surface area contributed by atoms with E-state index in [-0.39, 0.29) is 16.9 Å². The van der Waals surface area contributed by atoms with Gasteiger partial charge >= 0.3 is 0 Å². The first-order chi connectivity index (χ1) is 7.00. The summed E-state index contributed by atoms with van der Waals surface area (Å²) in [5.41, 5.74) is 0.682. The minimum absolute atomic E-state index is 0.0850. The van der Waals surface area contributed by atoms with Gasteiger partial charge in [0, 0.05) is 0 Å². The van der Waals surface area contributed by atoms with E-state index in [9.17, 15) is 9.18 Å². The van der Waals surface area contributed by atoms with Crippen LogP contribution >= 0.6 is 11.6 Å². The molecular weight excluding hydrogens is 217 g/mol. The number of amides is 1. The smallest absolute Gasteiger partial charge is 0.262 e. The number of halogens is 2. The van der Waals surface area contributed by atoms with Gasteiger partial charge in [-0.25, -0.2) is 4.39 Å². The normalized spacial score (nSPS) is 11.9. The lowest BCUT2D eigenvalue weighted by Gasteiger charge is -2.13. The first-order valence-electron chi connectivity index (χ1n) is 4.41. The van der Waals surface area contributed by atoms with Gasteiger partial charge in [-0.1, -0.05) is 30.3 Å². The lowest BCUT2D eigenvalue weighted by atomic mass is 10.1. The maximum absolute atomic E-state index is 12.9. The van der Waals surface area contributed by atoms with Crippen LogP contribution in [0.2, 0.25) is 0 Å². The fourth-order valence-corrected chi connectivity index (χ4v) is 1.19. The highest BCUT2D eigenvalue weighted by molar-refractivity contribution is 6.41. The van der Waals surface area contributed by atoms with Gasteiger partial charge in [0.1, 0.15) is 5.82 Å². The van der Waals surface area contributed by atoms with Gasteiger partial charge in [0.05, 0.1) is 11.1 Å². The minimum atomic E-state index is -0.451. The molecule has 0 heterocycles. The molecule has 0 radical (unpaired) electrons. The Morgan fingerprint density at radius 1 is 1.60 bits per heavy atom. The third-order valence-corrected chi connectivity index (χ3v) is 2.11. The summed E-state index contributed by atoms with van der Waals surface area (Å²) in [7, 11) is 0. The van der Waals surface area contributed by atoms with Gasteiger partial charge in [-0.2, -0.15) is 0 Å². The van der Waals surface area contributed by atoms with Crippen molar-refractivity contribution in [2.75, 3.05) is 0 Å². The fourth-order valence-electron chi connectivity index (χ4n) is 1.13. The first kappa shape index (κ1) is 11.7. The van der Waals surface area contributed by atoms with E-state index in [4.69, 9.17) is 11.6 Å². The van der Waals surface area contributed by atoms with Gasteiger partial charge in [-0.15, -0.1) is 0 Å². The van der Waals surface area contributed by atoms with Gasteiger partial charge in [0.15, 0.2) is 0 Å². The molecule has 0 unspecified atom stereocenters. The highest BCUT2D eigenvalue weighted by Crippen LogP contribution is 2.14. The summed E-state index contributed by atoms with van der Waals surface area (Å²) in [5, 5.41) is 2.50. The quantitative estimate of drug-likeness (QED) is 0.791. The van der Waals surface area contributed by atoms with E-state index in [1.165, 1.54) is 12.1 Å². The predicted molar refractivity (Wildman–Crippen MR) is 58.0 cm³/mol. The molecule has 0 fully saturated rings. The average molecular weight is 228 g/mol. The molecule has 1 amide bonds. The van der Waals surface area contributed by atoms with Crippen LogP contribution in [0.15, 0.2) is 35.9 Å². The first-order valence-corrected chi connectivity index (χ1v) is 4.79. The molecule has 0 bridgehead atoms. The van der Waals surface area contributed by atoms with Crippen molar-refractivity contribution in [2.45, 2.75) is 13.0 Å². The van der Waals surface area contributed by atoms with Crippen LogP contribution in [0.25, 0.3) is 0 Å². The molecule has 0 aromatic heterocycles. The average Bonchev–Trinajstić information content (AvgIpc) is 2.17. The van der Waals surface area contributed by atoms with Gasteiger partial charge in [-0.3, -0.25) is 4.79 Å². The Bertz CT molecular complexity index is 392. The molecular formula is C11H11ClFNO. The number of benzene rings is 1. The van der Waals surface area contributed by atoms with Crippen molar-refractivity contribution in [2.24, 2.45) is 0 Å². The highest BCUT2D eigenvalue weighted by Gasteiger charge is 2.10. The van der Waals surface area contributed by atoms with Crippen molar-refractivity contribution in [3.8, 4) is 0 Å². The maximum Gasteiger partial charge on any atom is 0.262 e. The van der Waals surface area contributed by atoms with Crippen LogP contribution < -0.4 is 5.32 Å². The lowest BCUT2D eigenvalue weighted by molar-refractivity contribution is -0.117. The standard InChI is InChI=1S/C11H11ClFNO/c1-7(12)11(15)14-8(2)9-4-3-5-10(13)6-9/h3-6,8H,1H2,2H3,(H,14,15)/t8-/m1/s1. The Labute approximate surface area is 92.7 Å². The van der Waals surface area contributed by atoms with Crippen LogP contribution in [-0.4, -0.2) is 5.91 Å². The second-order valence-electron chi connectivity index (χ2n) is 3.16. The van der Waals surface area contributed by atoms with Crippen molar-refractivity contribution >= 4 is 17.5 Å². The number of carbonyl (C=O) groups excluding carboxylic acids is 1. The van der Waals surface area contributed by atoms with Gasteiger partial charge in [-0.05, 0) is 24.6 Å².